The molecule has 9 heteroatoms. The van der Waals surface area contributed by atoms with E-state index in [0.717, 1.165) is 67.6 Å². The van der Waals surface area contributed by atoms with Crippen LogP contribution in [0.4, 0.5) is 13.2 Å². The molecule has 1 atom stereocenters. The number of epoxide rings is 1. The predicted octanol–water partition coefficient (Wildman–Crippen LogP) is 4.62. The van der Waals surface area contributed by atoms with Gasteiger partial charge in [0.1, 0.15) is 6.61 Å². The Morgan fingerprint density at radius 2 is 1.67 bits per heavy atom. The van der Waals surface area contributed by atoms with Crippen molar-refractivity contribution in [3.8, 4) is 11.1 Å². The number of rotatable bonds is 12. The smallest absolute Gasteiger partial charge is 0.372 e. The molecule has 2 aromatic rings. The van der Waals surface area contributed by atoms with Crippen LogP contribution in [0, 0.1) is 0 Å². The Labute approximate surface area is 228 Å². The first kappa shape index (κ1) is 28.1. The number of fused-ring (bicyclic) bond motifs is 3. The molecule has 2 heterocycles. The zero-order valence-corrected chi connectivity index (χ0v) is 22.5. The van der Waals surface area contributed by atoms with E-state index in [9.17, 15) is 18.0 Å². The largest absolute Gasteiger partial charge is 0.401 e. The van der Waals surface area contributed by atoms with E-state index in [2.05, 4.69) is 39.8 Å². The molecule has 1 unspecified atom stereocenters. The molecule has 2 saturated heterocycles. The maximum Gasteiger partial charge on any atom is 0.401 e. The Balaban J connectivity index is 1.26. The first-order valence-electron chi connectivity index (χ1n) is 14.0. The van der Waals surface area contributed by atoms with E-state index < -0.39 is 23.9 Å². The fraction of sp³-hybridized carbons (Fsp3) is 0.567. The summed E-state index contributed by atoms with van der Waals surface area (Å²) in [5.74, 6) is -0.0620. The number of unbranched alkanes of at least 4 members (excludes halogenated alkanes) is 1. The number of benzene rings is 2. The average molecular weight is 546 g/mol. The number of likely N-dealkylation sites (tertiary alicyclic amines) is 1. The van der Waals surface area contributed by atoms with Crippen molar-refractivity contribution in [1.82, 2.24) is 15.5 Å². The summed E-state index contributed by atoms with van der Waals surface area (Å²) < 4.78 is 51.1. The van der Waals surface area contributed by atoms with Gasteiger partial charge in [0.05, 0.1) is 18.6 Å². The van der Waals surface area contributed by atoms with E-state index in [0.29, 0.717) is 13.0 Å². The average Bonchev–Trinajstić information content (AvgIpc) is 3.68. The van der Waals surface area contributed by atoms with Gasteiger partial charge < -0.3 is 19.7 Å². The summed E-state index contributed by atoms with van der Waals surface area (Å²) in [4.78, 5) is 14.4. The summed E-state index contributed by atoms with van der Waals surface area (Å²) in [6.45, 7) is 4.40. The molecule has 212 valence electrons. The quantitative estimate of drug-likeness (QED) is 0.301. The molecule has 1 aliphatic carbocycles. The number of alkyl halides is 3. The van der Waals surface area contributed by atoms with Crippen LogP contribution < -0.4 is 10.6 Å². The number of carbonyl (C=O) groups excluding carboxylic acids is 1. The Bertz CT molecular complexity index is 1100. The van der Waals surface area contributed by atoms with Crippen molar-refractivity contribution in [2.75, 3.05) is 46.0 Å². The number of piperidine rings is 1. The van der Waals surface area contributed by atoms with Gasteiger partial charge in [0.15, 0.2) is 5.72 Å². The van der Waals surface area contributed by atoms with Crippen LogP contribution in [-0.2, 0) is 19.7 Å². The van der Waals surface area contributed by atoms with Crippen molar-refractivity contribution < 1.29 is 27.4 Å². The molecule has 0 spiro atoms. The second kappa shape index (κ2) is 11.6. The lowest BCUT2D eigenvalue weighted by Gasteiger charge is -2.39. The first-order chi connectivity index (χ1) is 18.8. The van der Waals surface area contributed by atoms with E-state index in [1.807, 2.05) is 31.2 Å². The van der Waals surface area contributed by atoms with E-state index >= 15 is 0 Å². The first-order valence-corrected chi connectivity index (χ1v) is 14.0. The fourth-order valence-electron chi connectivity index (χ4n) is 6.54. The van der Waals surface area contributed by atoms with Gasteiger partial charge in [0, 0.05) is 25.7 Å². The van der Waals surface area contributed by atoms with Crippen LogP contribution in [0.3, 0.4) is 0 Å². The second-order valence-corrected chi connectivity index (χ2v) is 10.9. The molecular formula is C30H38F3N3O3. The van der Waals surface area contributed by atoms with Crippen molar-refractivity contribution >= 4 is 5.91 Å². The van der Waals surface area contributed by atoms with Gasteiger partial charge in [0.25, 0.3) is 0 Å². The molecule has 2 N–H and O–H groups in total. The zero-order chi connectivity index (χ0) is 27.5. The molecule has 0 saturated carbocycles. The minimum absolute atomic E-state index is 0.0620. The number of hydrogen-bond donors (Lipinski definition) is 2. The highest BCUT2D eigenvalue weighted by molar-refractivity contribution is 5.82. The summed E-state index contributed by atoms with van der Waals surface area (Å²) in [6, 6.07) is 16.3. The summed E-state index contributed by atoms with van der Waals surface area (Å²) in [6.07, 6.45) is -0.0424. The van der Waals surface area contributed by atoms with E-state index in [1.165, 1.54) is 0 Å². The standard InChI is InChI=1S/C30H38F3N3O3/c1-2-38-19-27(37)35-22-13-17-36(18-14-22)16-8-7-15-28(29(21-39-29)34-20-30(31,32)33)25-11-5-3-9-23(25)24-10-4-6-12-26(24)28/h3-6,9-12,22,34H,2,7-8,13-21H2,1H3,(H,35,37). The zero-order valence-electron chi connectivity index (χ0n) is 22.5. The monoisotopic (exact) mass is 545 g/mol. The van der Waals surface area contributed by atoms with Crippen molar-refractivity contribution in [1.29, 1.82) is 0 Å². The molecule has 0 radical (unpaired) electrons. The lowest BCUT2D eigenvalue weighted by molar-refractivity contribution is -0.130. The highest BCUT2D eigenvalue weighted by atomic mass is 19.4. The molecule has 0 aromatic heterocycles. The molecule has 3 aliphatic rings. The number of amides is 1. The maximum atomic E-state index is 13.3. The van der Waals surface area contributed by atoms with E-state index in [1.54, 1.807) is 0 Å². The van der Waals surface area contributed by atoms with Crippen molar-refractivity contribution in [3.63, 3.8) is 0 Å². The lowest BCUT2D eigenvalue weighted by Crippen LogP contribution is -2.54. The lowest BCUT2D eigenvalue weighted by atomic mass is 9.68. The third-order valence-corrected chi connectivity index (χ3v) is 8.43. The predicted molar refractivity (Wildman–Crippen MR) is 143 cm³/mol. The number of carbonyl (C=O) groups is 1. The second-order valence-electron chi connectivity index (χ2n) is 10.9. The minimum Gasteiger partial charge on any atom is -0.372 e. The Kier molecular flexibility index (Phi) is 8.33. The van der Waals surface area contributed by atoms with Gasteiger partial charge in [-0.1, -0.05) is 55.0 Å². The van der Waals surface area contributed by atoms with Crippen LogP contribution in [-0.4, -0.2) is 74.7 Å². The van der Waals surface area contributed by atoms with Crippen LogP contribution in [0.5, 0.6) is 0 Å². The molecule has 2 fully saturated rings. The topological polar surface area (TPSA) is 66.1 Å². The minimum atomic E-state index is -4.33. The van der Waals surface area contributed by atoms with Gasteiger partial charge in [-0.25, -0.2) is 0 Å². The molecule has 5 rings (SSSR count). The van der Waals surface area contributed by atoms with Gasteiger partial charge in [-0.2, -0.15) is 13.2 Å². The highest BCUT2D eigenvalue weighted by Gasteiger charge is 2.66. The fourth-order valence-corrected chi connectivity index (χ4v) is 6.54. The molecule has 39 heavy (non-hydrogen) atoms. The summed E-state index contributed by atoms with van der Waals surface area (Å²) in [5, 5.41) is 5.85. The number of nitrogens with one attached hydrogen (secondary N) is 2. The Morgan fingerprint density at radius 1 is 1.05 bits per heavy atom. The van der Waals surface area contributed by atoms with Crippen LogP contribution >= 0.6 is 0 Å². The van der Waals surface area contributed by atoms with Crippen molar-refractivity contribution in [3.05, 3.63) is 59.7 Å². The Morgan fingerprint density at radius 3 is 2.23 bits per heavy atom. The van der Waals surface area contributed by atoms with Crippen molar-refractivity contribution in [2.24, 2.45) is 0 Å². The van der Waals surface area contributed by atoms with Crippen molar-refractivity contribution in [2.45, 2.75) is 62.4 Å². The SMILES string of the molecule is CCOCC(=O)NC1CCN(CCCCC2(C3(NCC(F)(F)F)CO3)c3ccccc3-c3ccccc32)CC1. The number of halogens is 3. The highest BCUT2D eigenvalue weighted by Crippen LogP contribution is 2.60. The van der Waals surface area contributed by atoms with Gasteiger partial charge in [-0.05, 0) is 61.4 Å². The molecule has 6 nitrogen and oxygen atoms in total. The van der Waals surface area contributed by atoms with E-state index in [-0.39, 0.29) is 25.2 Å². The van der Waals surface area contributed by atoms with Crippen LogP contribution in [0.1, 0.15) is 50.2 Å². The molecule has 2 aromatic carbocycles. The third-order valence-electron chi connectivity index (χ3n) is 8.43. The summed E-state index contributed by atoms with van der Waals surface area (Å²) >= 11 is 0. The van der Waals surface area contributed by atoms with Gasteiger partial charge in [0.2, 0.25) is 5.91 Å². The maximum absolute atomic E-state index is 13.3. The third kappa shape index (κ3) is 5.87. The molecule has 0 bridgehead atoms. The number of ether oxygens (including phenoxy) is 2. The molecular weight excluding hydrogens is 507 g/mol. The van der Waals surface area contributed by atoms with Crippen LogP contribution in [0.2, 0.25) is 0 Å². The van der Waals surface area contributed by atoms with Gasteiger partial charge in [-0.15, -0.1) is 0 Å². The summed E-state index contributed by atoms with van der Waals surface area (Å²) in [7, 11) is 0. The number of nitrogens with zero attached hydrogens (tertiary/aromatic N) is 1. The molecule has 2 aliphatic heterocycles. The number of hydrogen-bond acceptors (Lipinski definition) is 5. The van der Waals surface area contributed by atoms with Crippen LogP contribution in [0.15, 0.2) is 48.5 Å². The van der Waals surface area contributed by atoms with Gasteiger partial charge >= 0.3 is 6.18 Å². The molecule has 1 amide bonds. The summed E-state index contributed by atoms with van der Waals surface area (Å²) in [5.41, 5.74) is 2.46. The van der Waals surface area contributed by atoms with Crippen LogP contribution in [0.25, 0.3) is 11.1 Å². The van der Waals surface area contributed by atoms with Gasteiger partial charge in [-0.3, -0.25) is 10.1 Å². The van der Waals surface area contributed by atoms with E-state index in [4.69, 9.17) is 9.47 Å². The normalized spacial score (nSPS) is 22.4. The Hall–Kier alpha value is -2.46.